The van der Waals surface area contributed by atoms with Crippen LogP contribution in [0.2, 0.25) is 0 Å². The monoisotopic (exact) mass is 498 g/mol. The van der Waals surface area contributed by atoms with Gasteiger partial charge in [-0.1, -0.05) is 0 Å². The summed E-state index contributed by atoms with van der Waals surface area (Å²) in [6.45, 7) is 7.59. The summed E-state index contributed by atoms with van der Waals surface area (Å²) in [5.41, 5.74) is 0.318. The van der Waals surface area contributed by atoms with Crippen LogP contribution in [-0.4, -0.2) is 77.1 Å². The lowest BCUT2D eigenvalue weighted by molar-refractivity contribution is 0.0747. The lowest BCUT2D eigenvalue weighted by atomic mass is 10.2. The molecular weight excluding hydrogens is 469 g/mol. The van der Waals surface area contributed by atoms with Crippen LogP contribution in [0.3, 0.4) is 0 Å². The molecule has 0 aliphatic carbocycles. The first-order valence-corrected chi connectivity index (χ1v) is 8.95. The fraction of sp³-hybridized carbons (Fsp3) is 0.611. The summed E-state index contributed by atoms with van der Waals surface area (Å²) in [6.07, 6.45) is 0. The number of guanidine groups is 1. The second-order valence-corrected chi connectivity index (χ2v) is 5.91. The van der Waals surface area contributed by atoms with Crippen molar-refractivity contribution in [1.82, 2.24) is 10.2 Å². The molecule has 0 bridgehead atoms. The van der Waals surface area contributed by atoms with Gasteiger partial charge in [-0.15, -0.1) is 24.0 Å². The Morgan fingerprint density at radius 3 is 2.56 bits per heavy atom. The molecular formula is C18H29F2IN4O2. The van der Waals surface area contributed by atoms with Crippen LogP contribution in [0.15, 0.2) is 23.2 Å². The Balaban J connectivity index is 0.00000364. The molecule has 154 valence electrons. The number of hydrogen-bond donors (Lipinski definition) is 1. The molecule has 0 amide bonds. The number of anilines is 1. The van der Waals surface area contributed by atoms with E-state index in [1.54, 1.807) is 7.11 Å². The smallest absolute Gasteiger partial charge is 0.194 e. The van der Waals surface area contributed by atoms with Gasteiger partial charge in [-0.2, -0.15) is 0 Å². The van der Waals surface area contributed by atoms with E-state index in [0.717, 1.165) is 18.6 Å². The number of nitrogens with zero attached hydrogens (tertiary/aromatic N) is 3. The van der Waals surface area contributed by atoms with Gasteiger partial charge in [-0.25, -0.2) is 8.78 Å². The van der Waals surface area contributed by atoms with Gasteiger partial charge >= 0.3 is 0 Å². The van der Waals surface area contributed by atoms with E-state index in [1.807, 2.05) is 11.8 Å². The molecule has 0 radical (unpaired) electrons. The molecule has 9 heteroatoms. The third kappa shape index (κ3) is 7.74. The van der Waals surface area contributed by atoms with Crippen LogP contribution in [0.25, 0.3) is 0 Å². The van der Waals surface area contributed by atoms with Crippen LogP contribution in [0.5, 0.6) is 0 Å². The van der Waals surface area contributed by atoms with Crippen molar-refractivity contribution in [2.24, 2.45) is 4.99 Å². The van der Waals surface area contributed by atoms with Crippen molar-refractivity contribution in [3.05, 3.63) is 29.8 Å². The van der Waals surface area contributed by atoms with Crippen molar-refractivity contribution < 1.29 is 18.3 Å². The van der Waals surface area contributed by atoms with E-state index in [1.165, 1.54) is 12.1 Å². The largest absolute Gasteiger partial charge is 0.382 e. The maximum Gasteiger partial charge on any atom is 0.194 e. The number of aliphatic imine (C=N–C) groups is 1. The molecule has 0 spiro atoms. The third-order valence-electron chi connectivity index (χ3n) is 4.09. The van der Waals surface area contributed by atoms with Gasteiger partial charge in [0.2, 0.25) is 0 Å². The summed E-state index contributed by atoms with van der Waals surface area (Å²) < 4.78 is 37.7. The highest BCUT2D eigenvalue weighted by Crippen LogP contribution is 2.21. The SMILES string of the molecule is CCNC(=NCCOCCOC)N1CCN(c2cc(F)ccc2F)CC1.I. The first kappa shape index (κ1) is 23.8. The van der Waals surface area contributed by atoms with Gasteiger partial charge in [0.1, 0.15) is 11.6 Å². The van der Waals surface area contributed by atoms with Crippen LogP contribution in [-0.2, 0) is 9.47 Å². The van der Waals surface area contributed by atoms with Crippen molar-refractivity contribution in [3.8, 4) is 0 Å². The van der Waals surface area contributed by atoms with E-state index in [2.05, 4.69) is 15.2 Å². The minimum Gasteiger partial charge on any atom is -0.382 e. The van der Waals surface area contributed by atoms with Gasteiger partial charge in [0.25, 0.3) is 0 Å². The van der Waals surface area contributed by atoms with Crippen LogP contribution in [0, 0.1) is 11.6 Å². The predicted octanol–water partition coefficient (Wildman–Crippen LogP) is 2.33. The first-order valence-electron chi connectivity index (χ1n) is 8.95. The molecule has 1 aromatic rings. The number of hydrogen-bond acceptors (Lipinski definition) is 4. The normalized spacial score (nSPS) is 14.9. The van der Waals surface area contributed by atoms with Crippen molar-refractivity contribution in [2.45, 2.75) is 6.92 Å². The molecule has 1 aliphatic rings. The zero-order valence-electron chi connectivity index (χ0n) is 15.9. The molecule has 1 aliphatic heterocycles. The van der Waals surface area contributed by atoms with Gasteiger partial charge in [-0.05, 0) is 19.1 Å². The highest BCUT2D eigenvalue weighted by atomic mass is 127. The number of rotatable bonds is 8. The highest BCUT2D eigenvalue weighted by molar-refractivity contribution is 14.0. The van der Waals surface area contributed by atoms with Crippen molar-refractivity contribution in [3.63, 3.8) is 0 Å². The maximum atomic E-state index is 13.9. The minimum atomic E-state index is -0.424. The Morgan fingerprint density at radius 1 is 1.15 bits per heavy atom. The minimum absolute atomic E-state index is 0. The fourth-order valence-electron chi connectivity index (χ4n) is 2.77. The molecule has 1 fully saturated rings. The quantitative estimate of drug-likeness (QED) is 0.258. The van der Waals surface area contributed by atoms with Crippen LogP contribution in [0.4, 0.5) is 14.5 Å². The van der Waals surface area contributed by atoms with Crippen LogP contribution >= 0.6 is 24.0 Å². The van der Waals surface area contributed by atoms with Crippen molar-refractivity contribution in [2.75, 3.05) is 71.1 Å². The summed E-state index contributed by atoms with van der Waals surface area (Å²) in [5.74, 6) is 0.00282. The summed E-state index contributed by atoms with van der Waals surface area (Å²) in [6, 6.07) is 3.56. The lowest BCUT2D eigenvalue weighted by Gasteiger charge is -2.37. The summed E-state index contributed by atoms with van der Waals surface area (Å²) in [5, 5.41) is 3.27. The number of methoxy groups -OCH3 is 1. The summed E-state index contributed by atoms with van der Waals surface area (Å²) in [7, 11) is 1.64. The van der Waals surface area contributed by atoms with Gasteiger partial charge in [0.05, 0.1) is 32.1 Å². The lowest BCUT2D eigenvalue weighted by Crippen LogP contribution is -2.52. The Morgan fingerprint density at radius 2 is 1.89 bits per heavy atom. The molecule has 0 atom stereocenters. The molecule has 1 heterocycles. The molecule has 1 aromatic carbocycles. The standard InChI is InChI=1S/C18H28F2N4O2.HI/c1-3-21-18(22-6-11-26-13-12-25-2)24-9-7-23(8-10-24)17-14-15(19)4-5-16(17)20;/h4-5,14H,3,6-13H2,1-2H3,(H,21,22);1H. The van der Waals surface area contributed by atoms with Gasteiger partial charge in [-0.3, -0.25) is 4.99 Å². The Bertz CT molecular complexity index is 584. The Hall–Kier alpha value is -1.20. The number of halogens is 3. The van der Waals surface area contributed by atoms with Crippen molar-refractivity contribution in [1.29, 1.82) is 0 Å². The fourth-order valence-corrected chi connectivity index (χ4v) is 2.77. The molecule has 1 saturated heterocycles. The molecule has 27 heavy (non-hydrogen) atoms. The highest BCUT2D eigenvalue weighted by Gasteiger charge is 2.21. The summed E-state index contributed by atoms with van der Waals surface area (Å²) >= 11 is 0. The second-order valence-electron chi connectivity index (χ2n) is 5.91. The third-order valence-corrected chi connectivity index (χ3v) is 4.09. The first-order chi connectivity index (χ1) is 12.7. The van der Waals surface area contributed by atoms with E-state index >= 15 is 0 Å². The maximum absolute atomic E-state index is 13.9. The molecule has 0 aromatic heterocycles. The average molecular weight is 498 g/mol. The van der Waals surface area contributed by atoms with Gasteiger partial charge in [0, 0.05) is 45.9 Å². The van der Waals surface area contributed by atoms with E-state index in [-0.39, 0.29) is 24.0 Å². The molecule has 6 nitrogen and oxygen atoms in total. The number of nitrogens with one attached hydrogen (secondary N) is 1. The van der Waals surface area contributed by atoms with Crippen LogP contribution < -0.4 is 10.2 Å². The second kappa shape index (κ2) is 13.1. The van der Waals surface area contributed by atoms with E-state index in [9.17, 15) is 8.78 Å². The average Bonchev–Trinajstić information content (AvgIpc) is 2.66. The van der Waals surface area contributed by atoms with E-state index in [0.29, 0.717) is 58.2 Å². The van der Waals surface area contributed by atoms with E-state index in [4.69, 9.17) is 9.47 Å². The Kier molecular flexibility index (Phi) is 11.5. The van der Waals surface area contributed by atoms with E-state index < -0.39 is 11.6 Å². The molecule has 0 unspecified atom stereocenters. The number of piperazine rings is 1. The molecule has 0 saturated carbocycles. The van der Waals surface area contributed by atoms with Gasteiger partial charge in [0.15, 0.2) is 5.96 Å². The zero-order valence-corrected chi connectivity index (χ0v) is 18.2. The Labute approximate surface area is 176 Å². The van der Waals surface area contributed by atoms with Crippen molar-refractivity contribution >= 4 is 35.6 Å². The van der Waals surface area contributed by atoms with Crippen LogP contribution in [0.1, 0.15) is 6.92 Å². The van der Waals surface area contributed by atoms with Gasteiger partial charge < -0.3 is 24.6 Å². The predicted molar refractivity (Wildman–Crippen MR) is 114 cm³/mol. The number of benzene rings is 1. The number of ether oxygens (including phenoxy) is 2. The molecule has 1 N–H and O–H groups in total. The topological polar surface area (TPSA) is 49.3 Å². The summed E-state index contributed by atoms with van der Waals surface area (Å²) in [4.78, 5) is 8.58. The molecule has 2 rings (SSSR count). The zero-order chi connectivity index (χ0) is 18.8.